The van der Waals surface area contributed by atoms with Crippen molar-refractivity contribution in [3.63, 3.8) is 0 Å². The van der Waals surface area contributed by atoms with E-state index in [2.05, 4.69) is 25.4 Å². The first-order valence-corrected chi connectivity index (χ1v) is 7.73. The van der Waals surface area contributed by atoms with Crippen LogP contribution in [0.3, 0.4) is 0 Å². The maximum atomic E-state index is 13.1. The minimum absolute atomic E-state index is 0.264. The fraction of sp³-hybridized carbons (Fsp3) is 0.0667. The van der Waals surface area contributed by atoms with E-state index in [9.17, 15) is 4.39 Å². The van der Waals surface area contributed by atoms with Gasteiger partial charge in [-0.1, -0.05) is 0 Å². The predicted molar refractivity (Wildman–Crippen MR) is 86.3 cm³/mol. The topological polar surface area (TPSA) is 68.0 Å². The van der Waals surface area contributed by atoms with Gasteiger partial charge in [0.05, 0.1) is 5.69 Å². The van der Waals surface area contributed by atoms with E-state index in [1.165, 1.54) is 29.8 Å². The van der Waals surface area contributed by atoms with Gasteiger partial charge in [-0.15, -0.1) is 16.4 Å². The molecule has 0 aliphatic rings. The molecule has 4 aromatic rings. The van der Waals surface area contributed by atoms with Gasteiger partial charge in [-0.05, 0) is 31.2 Å². The SMILES string of the molecule is Cc1cc(Nc2nc3scc(-c4ccc(F)cc4)n3n2)ncn1. The van der Waals surface area contributed by atoms with Crippen LogP contribution in [-0.2, 0) is 0 Å². The highest BCUT2D eigenvalue weighted by molar-refractivity contribution is 7.15. The van der Waals surface area contributed by atoms with Gasteiger partial charge in [0.25, 0.3) is 0 Å². The average Bonchev–Trinajstić information content (AvgIpc) is 3.08. The molecule has 0 amide bonds. The maximum absolute atomic E-state index is 13.1. The average molecular weight is 326 g/mol. The summed E-state index contributed by atoms with van der Waals surface area (Å²) in [5.41, 5.74) is 2.60. The first kappa shape index (κ1) is 13.8. The molecular formula is C15H11FN6S. The highest BCUT2D eigenvalue weighted by Gasteiger charge is 2.12. The van der Waals surface area contributed by atoms with Crippen LogP contribution in [0.5, 0.6) is 0 Å². The summed E-state index contributed by atoms with van der Waals surface area (Å²) in [6.45, 7) is 1.89. The number of thiazole rings is 1. The number of benzene rings is 1. The van der Waals surface area contributed by atoms with Crippen LogP contribution in [0.4, 0.5) is 16.2 Å². The van der Waals surface area contributed by atoms with Crippen LogP contribution < -0.4 is 5.32 Å². The summed E-state index contributed by atoms with van der Waals surface area (Å²) >= 11 is 1.47. The third-order valence-electron chi connectivity index (χ3n) is 3.27. The highest BCUT2D eigenvalue weighted by atomic mass is 32.1. The highest BCUT2D eigenvalue weighted by Crippen LogP contribution is 2.26. The molecular weight excluding hydrogens is 315 g/mol. The second-order valence-electron chi connectivity index (χ2n) is 4.93. The zero-order valence-electron chi connectivity index (χ0n) is 12.1. The van der Waals surface area contributed by atoms with Crippen LogP contribution in [0.25, 0.3) is 16.2 Å². The number of aryl methyl sites for hydroxylation is 1. The Morgan fingerprint density at radius 1 is 1.17 bits per heavy atom. The Hall–Kier alpha value is -2.87. The van der Waals surface area contributed by atoms with Crippen molar-refractivity contribution in [2.45, 2.75) is 6.92 Å². The van der Waals surface area contributed by atoms with Crippen molar-refractivity contribution in [3.05, 3.63) is 53.6 Å². The van der Waals surface area contributed by atoms with E-state index in [0.717, 1.165) is 21.9 Å². The quantitative estimate of drug-likeness (QED) is 0.624. The molecule has 0 saturated carbocycles. The minimum Gasteiger partial charge on any atom is -0.307 e. The lowest BCUT2D eigenvalue weighted by Gasteiger charge is -2.01. The molecule has 4 rings (SSSR count). The number of rotatable bonds is 3. The van der Waals surface area contributed by atoms with Crippen molar-refractivity contribution >= 4 is 28.1 Å². The van der Waals surface area contributed by atoms with E-state index in [1.54, 1.807) is 16.6 Å². The molecule has 3 aromatic heterocycles. The molecule has 0 aliphatic heterocycles. The van der Waals surface area contributed by atoms with Crippen LogP contribution in [0.1, 0.15) is 5.69 Å². The Morgan fingerprint density at radius 3 is 2.78 bits per heavy atom. The third kappa shape index (κ3) is 2.64. The van der Waals surface area contributed by atoms with E-state index in [4.69, 9.17) is 0 Å². The Labute approximate surface area is 134 Å². The van der Waals surface area contributed by atoms with Crippen molar-refractivity contribution in [3.8, 4) is 11.3 Å². The van der Waals surface area contributed by atoms with Crippen molar-refractivity contribution < 1.29 is 4.39 Å². The van der Waals surface area contributed by atoms with Gasteiger partial charge < -0.3 is 5.32 Å². The molecule has 0 aliphatic carbocycles. The summed E-state index contributed by atoms with van der Waals surface area (Å²) in [5.74, 6) is 0.831. The van der Waals surface area contributed by atoms with Crippen LogP contribution in [0.2, 0.25) is 0 Å². The normalized spacial score (nSPS) is 11.0. The van der Waals surface area contributed by atoms with Gasteiger partial charge >= 0.3 is 0 Å². The van der Waals surface area contributed by atoms with Gasteiger partial charge in [-0.2, -0.15) is 4.98 Å². The summed E-state index contributed by atoms with van der Waals surface area (Å²) in [4.78, 5) is 13.4. The fourth-order valence-corrected chi connectivity index (χ4v) is 3.02. The summed E-state index contributed by atoms with van der Waals surface area (Å²) in [6.07, 6.45) is 1.49. The van der Waals surface area contributed by atoms with E-state index in [-0.39, 0.29) is 5.82 Å². The van der Waals surface area contributed by atoms with E-state index >= 15 is 0 Å². The third-order valence-corrected chi connectivity index (χ3v) is 4.08. The van der Waals surface area contributed by atoms with E-state index < -0.39 is 0 Å². The first-order valence-electron chi connectivity index (χ1n) is 6.85. The molecule has 0 radical (unpaired) electrons. The number of hydrogen-bond donors (Lipinski definition) is 1. The Kier molecular flexibility index (Phi) is 3.23. The molecule has 0 saturated heterocycles. The van der Waals surface area contributed by atoms with Crippen molar-refractivity contribution in [1.29, 1.82) is 0 Å². The second kappa shape index (κ2) is 5.40. The maximum Gasteiger partial charge on any atom is 0.249 e. The summed E-state index contributed by atoms with van der Waals surface area (Å²) < 4.78 is 14.8. The second-order valence-corrected chi connectivity index (χ2v) is 5.76. The number of aromatic nitrogens is 5. The Morgan fingerprint density at radius 2 is 2.00 bits per heavy atom. The zero-order valence-corrected chi connectivity index (χ0v) is 12.9. The molecule has 0 spiro atoms. The van der Waals surface area contributed by atoms with Crippen LogP contribution in [0, 0.1) is 12.7 Å². The van der Waals surface area contributed by atoms with Gasteiger partial charge in [-0.3, -0.25) is 0 Å². The monoisotopic (exact) mass is 326 g/mol. The number of anilines is 2. The lowest BCUT2D eigenvalue weighted by molar-refractivity contribution is 0.628. The fourth-order valence-electron chi connectivity index (χ4n) is 2.19. The predicted octanol–water partition coefficient (Wildman–Crippen LogP) is 3.44. The number of fused-ring (bicyclic) bond motifs is 1. The van der Waals surface area contributed by atoms with Crippen LogP contribution in [-0.4, -0.2) is 24.6 Å². The van der Waals surface area contributed by atoms with Crippen LogP contribution in [0.15, 0.2) is 42.0 Å². The molecule has 1 aromatic carbocycles. The largest absolute Gasteiger partial charge is 0.307 e. The molecule has 0 unspecified atom stereocenters. The molecule has 114 valence electrons. The molecule has 1 N–H and O–H groups in total. The van der Waals surface area contributed by atoms with Gasteiger partial charge in [0, 0.05) is 22.7 Å². The summed E-state index contributed by atoms with van der Waals surface area (Å²) in [7, 11) is 0. The lowest BCUT2D eigenvalue weighted by atomic mass is 10.2. The summed E-state index contributed by atoms with van der Waals surface area (Å²) in [6, 6.07) is 8.12. The number of halogens is 1. The number of hydrogen-bond acceptors (Lipinski definition) is 6. The van der Waals surface area contributed by atoms with Gasteiger partial charge in [0.15, 0.2) is 0 Å². The van der Waals surface area contributed by atoms with Gasteiger partial charge in [0.1, 0.15) is 18.0 Å². The van der Waals surface area contributed by atoms with Crippen LogP contribution >= 0.6 is 11.3 Å². The zero-order chi connectivity index (χ0) is 15.8. The van der Waals surface area contributed by atoms with Gasteiger partial charge in [0.2, 0.25) is 10.9 Å². The molecule has 6 nitrogen and oxygen atoms in total. The van der Waals surface area contributed by atoms with E-state index in [1.807, 2.05) is 18.4 Å². The molecule has 0 fully saturated rings. The molecule has 23 heavy (non-hydrogen) atoms. The standard InChI is InChI=1S/C15H11FN6S/c1-9-6-13(18-8-17-9)19-14-20-15-22(21-14)12(7-23-15)10-2-4-11(16)5-3-10/h2-8H,1H3,(H,17,18,19,21). The number of nitrogens with one attached hydrogen (secondary N) is 1. The molecule has 3 heterocycles. The lowest BCUT2D eigenvalue weighted by Crippen LogP contribution is -1.97. The van der Waals surface area contributed by atoms with Crippen molar-refractivity contribution in [2.75, 3.05) is 5.32 Å². The van der Waals surface area contributed by atoms with E-state index in [0.29, 0.717) is 11.8 Å². The first-order chi connectivity index (χ1) is 11.2. The molecule has 0 bridgehead atoms. The minimum atomic E-state index is -0.264. The van der Waals surface area contributed by atoms with Crippen molar-refractivity contribution in [2.24, 2.45) is 0 Å². The smallest absolute Gasteiger partial charge is 0.249 e. The summed E-state index contributed by atoms with van der Waals surface area (Å²) in [5, 5.41) is 9.45. The molecule has 8 heteroatoms. The Balaban J connectivity index is 1.70. The molecule has 0 atom stereocenters. The van der Waals surface area contributed by atoms with Crippen molar-refractivity contribution in [1.82, 2.24) is 24.6 Å². The van der Waals surface area contributed by atoms with Gasteiger partial charge in [-0.25, -0.2) is 18.9 Å². The Bertz CT molecular complexity index is 975. The number of nitrogens with zero attached hydrogens (tertiary/aromatic N) is 5.